The highest BCUT2D eigenvalue weighted by Crippen LogP contribution is 2.39. The van der Waals surface area contributed by atoms with Gasteiger partial charge in [-0.1, -0.05) is 22.0 Å². The normalized spacial score (nSPS) is 16.0. The summed E-state index contributed by atoms with van der Waals surface area (Å²) in [6, 6.07) is 9.20. The van der Waals surface area contributed by atoms with Gasteiger partial charge in [0.05, 0.1) is 23.3 Å². The molecule has 1 fully saturated rings. The number of methoxy groups -OCH3 is 1. The second-order valence-electron chi connectivity index (χ2n) is 6.32. The number of nitrogens with zero attached hydrogens (tertiary/aromatic N) is 2. The van der Waals surface area contributed by atoms with Gasteiger partial charge < -0.3 is 19.7 Å². The minimum absolute atomic E-state index is 0.0533. The van der Waals surface area contributed by atoms with Crippen LogP contribution < -0.4 is 14.4 Å². The van der Waals surface area contributed by atoms with Crippen molar-refractivity contribution in [2.45, 2.75) is 0 Å². The molecule has 2 N–H and O–H groups in total. The minimum atomic E-state index is -1.12. The lowest BCUT2D eigenvalue weighted by atomic mass is 10.1. The predicted molar refractivity (Wildman–Crippen MR) is 124 cm³/mol. The molecule has 0 radical (unpaired) electrons. The number of carbonyl (C=O) groups excluding carboxylic acids is 1. The van der Waals surface area contributed by atoms with Crippen LogP contribution in [-0.4, -0.2) is 54.0 Å². The molecule has 0 spiro atoms. The number of ether oxygens (including phenoxy) is 2. The lowest BCUT2D eigenvalue weighted by Crippen LogP contribution is -2.28. The highest BCUT2D eigenvalue weighted by molar-refractivity contribution is 9.10. The van der Waals surface area contributed by atoms with Gasteiger partial charge in [0.15, 0.2) is 23.3 Å². The van der Waals surface area contributed by atoms with Gasteiger partial charge in [0.2, 0.25) is 0 Å². The number of aliphatic imine (C=N–C) groups is 1. The van der Waals surface area contributed by atoms with Gasteiger partial charge in [0.1, 0.15) is 0 Å². The summed E-state index contributed by atoms with van der Waals surface area (Å²) in [6.45, 7) is -0.529. The fourth-order valence-corrected chi connectivity index (χ4v) is 4.21. The van der Waals surface area contributed by atoms with Crippen molar-refractivity contribution in [3.05, 3.63) is 56.9 Å². The third-order valence-electron chi connectivity index (χ3n) is 4.27. The fraction of sp³-hybridized carbons (Fsp3) is 0.143. The Labute approximate surface area is 195 Å². The summed E-state index contributed by atoms with van der Waals surface area (Å²) >= 11 is 4.55. The first-order valence-corrected chi connectivity index (χ1v) is 10.6. The van der Waals surface area contributed by atoms with Crippen LogP contribution in [0.3, 0.4) is 0 Å². The topological polar surface area (TPSA) is 126 Å². The number of aromatic carboxylic acids is 1. The number of thioether (sulfide) groups is 1. The second-order valence-corrected chi connectivity index (χ2v) is 8.18. The van der Waals surface area contributed by atoms with Crippen molar-refractivity contribution in [2.75, 3.05) is 25.7 Å². The standard InChI is InChI=1S/C21H17BrN2O7S/c1-23-21-24(13-5-3-4-11(6-13)20(28)29)19(27)17(32-21)8-12-7-15(30-2)16(9-14(12)22)31-10-18(25)26/h3-9H,10H2,1-2H3,(H,25,26)(H,28,29)/b17-8-,23-21?. The number of carbonyl (C=O) groups is 3. The Morgan fingerprint density at radius 3 is 2.59 bits per heavy atom. The summed E-state index contributed by atoms with van der Waals surface area (Å²) in [5.41, 5.74) is 1.04. The van der Waals surface area contributed by atoms with Crippen LogP contribution in [0.4, 0.5) is 5.69 Å². The van der Waals surface area contributed by atoms with Gasteiger partial charge in [-0.15, -0.1) is 0 Å². The largest absolute Gasteiger partial charge is 0.493 e. The van der Waals surface area contributed by atoms with Gasteiger partial charge >= 0.3 is 11.9 Å². The highest BCUT2D eigenvalue weighted by Gasteiger charge is 2.34. The Bertz CT molecular complexity index is 1160. The fourth-order valence-electron chi connectivity index (χ4n) is 2.84. The summed E-state index contributed by atoms with van der Waals surface area (Å²) in [7, 11) is 2.96. The first-order chi connectivity index (χ1) is 15.2. The van der Waals surface area contributed by atoms with E-state index in [1.165, 1.54) is 24.1 Å². The first-order valence-electron chi connectivity index (χ1n) is 9.01. The highest BCUT2D eigenvalue weighted by atomic mass is 79.9. The van der Waals surface area contributed by atoms with Crippen LogP contribution in [0.25, 0.3) is 6.08 Å². The molecule has 0 unspecified atom stereocenters. The smallest absolute Gasteiger partial charge is 0.341 e. The quantitative estimate of drug-likeness (QED) is 0.528. The number of benzene rings is 2. The third kappa shape index (κ3) is 4.94. The van der Waals surface area contributed by atoms with Crippen molar-refractivity contribution in [1.82, 2.24) is 0 Å². The molecule has 0 aromatic heterocycles. The molecule has 1 amide bonds. The lowest BCUT2D eigenvalue weighted by Gasteiger charge is -2.15. The zero-order valence-electron chi connectivity index (χ0n) is 16.9. The van der Waals surface area contributed by atoms with Gasteiger partial charge in [-0.25, -0.2) is 9.59 Å². The molecular weight excluding hydrogens is 504 g/mol. The summed E-state index contributed by atoms with van der Waals surface area (Å²) in [4.78, 5) is 41.1. The van der Waals surface area contributed by atoms with E-state index in [-0.39, 0.29) is 17.2 Å². The average Bonchev–Trinajstić information content (AvgIpc) is 3.08. The van der Waals surface area contributed by atoms with Crippen molar-refractivity contribution < 1.29 is 34.1 Å². The maximum Gasteiger partial charge on any atom is 0.341 e. The predicted octanol–water partition coefficient (Wildman–Crippen LogP) is 3.73. The summed E-state index contributed by atoms with van der Waals surface area (Å²) < 4.78 is 11.1. The molecule has 166 valence electrons. The van der Waals surface area contributed by atoms with E-state index in [4.69, 9.17) is 14.6 Å². The molecule has 2 aromatic rings. The molecule has 0 bridgehead atoms. The van der Waals surface area contributed by atoms with E-state index in [1.807, 2.05) is 0 Å². The van der Waals surface area contributed by atoms with E-state index in [1.54, 1.807) is 37.4 Å². The summed E-state index contributed by atoms with van der Waals surface area (Å²) in [5, 5.41) is 18.5. The number of aliphatic carboxylic acids is 1. The van der Waals surface area contributed by atoms with E-state index < -0.39 is 18.5 Å². The molecule has 0 atom stereocenters. The van der Waals surface area contributed by atoms with Gasteiger partial charge in [-0.05, 0) is 53.7 Å². The average molecular weight is 521 g/mol. The number of hydrogen-bond donors (Lipinski definition) is 2. The molecule has 0 saturated carbocycles. The molecular formula is C21H17BrN2O7S. The van der Waals surface area contributed by atoms with Crippen molar-refractivity contribution in [2.24, 2.45) is 4.99 Å². The molecule has 1 aliphatic rings. The van der Waals surface area contributed by atoms with Crippen LogP contribution in [0.1, 0.15) is 15.9 Å². The Balaban J connectivity index is 1.97. The number of rotatable bonds is 7. The number of amidine groups is 1. The number of hydrogen-bond acceptors (Lipinski definition) is 7. The Hall–Kier alpha value is -3.31. The maximum absolute atomic E-state index is 13.1. The van der Waals surface area contributed by atoms with Gasteiger partial charge in [-0.3, -0.25) is 14.7 Å². The first kappa shape index (κ1) is 23.4. The van der Waals surface area contributed by atoms with Crippen LogP contribution in [-0.2, 0) is 9.59 Å². The number of anilines is 1. The number of halogens is 1. The summed E-state index contributed by atoms with van der Waals surface area (Å²) in [5.74, 6) is -2.06. The van der Waals surface area contributed by atoms with Gasteiger partial charge in [0, 0.05) is 11.5 Å². The van der Waals surface area contributed by atoms with Crippen molar-refractivity contribution in [3.8, 4) is 11.5 Å². The number of carboxylic acids is 2. The van der Waals surface area contributed by atoms with Crippen molar-refractivity contribution in [3.63, 3.8) is 0 Å². The zero-order chi connectivity index (χ0) is 23.4. The lowest BCUT2D eigenvalue weighted by molar-refractivity contribution is -0.139. The summed E-state index contributed by atoms with van der Waals surface area (Å²) in [6.07, 6.45) is 1.63. The molecule has 11 heteroatoms. The molecule has 1 aliphatic heterocycles. The minimum Gasteiger partial charge on any atom is -0.493 e. The molecule has 1 heterocycles. The van der Waals surface area contributed by atoms with E-state index in [9.17, 15) is 19.5 Å². The van der Waals surface area contributed by atoms with Gasteiger partial charge in [0.25, 0.3) is 5.91 Å². The molecule has 9 nitrogen and oxygen atoms in total. The van der Waals surface area contributed by atoms with E-state index in [0.717, 1.165) is 11.8 Å². The van der Waals surface area contributed by atoms with Crippen molar-refractivity contribution >= 4 is 62.5 Å². The number of carboxylic acid groups (broad SMARTS) is 2. The third-order valence-corrected chi connectivity index (χ3v) is 6.02. The van der Waals surface area contributed by atoms with E-state index >= 15 is 0 Å². The van der Waals surface area contributed by atoms with Crippen LogP contribution in [0.15, 0.2) is 50.8 Å². The van der Waals surface area contributed by atoms with E-state index in [0.29, 0.717) is 31.5 Å². The SMILES string of the molecule is CN=C1S/C(=C\c2cc(OC)c(OCC(=O)O)cc2Br)C(=O)N1c1cccc(C(=O)O)c1. The zero-order valence-corrected chi connectivity index (χ0v) is 19.3. The molecule has 32 heavy (non-hydrogen) atoms. The van der Waals surface area contributed by atoms with Crippen LogP contribution >= 0.6 is 27.7 Å². The van der Waals surface area contributed by atoms with E-state index in [2.05, 4.69) is 20.9 Å². The Morgan fingerprint density at radius 2 is 1.97 bits per heavy atom. The molecule has 0 aliphatic carbocycles. The second kappa shape index (κ2) is 9.88. The van der Waals surface area contributed by atoms with Crippen LogP contribution in [0.2, 0.25) is 0 Å². The van der Waals surface area contributed by atoms with Crippen LogP contribution in [0, 0.1) is 0 Å². The van der Waals surface area contributed by atoms with Gasteiger partial charge in [-0.2, -0.15) is 0 Å². The number of amides is 1. The maximum atomic E-state index is 13.1. The van der Waals surface area contributed by atoms with Crippen LogP contribution in [0.5, 0.6) is 11.5 Å². The molecule has 2 aromatic carbocycles. The Kier molecular flexibility index (Phi) is 7.21. The van der Waals surface area contributed by atoms with Crippen molar-refractivity contribution in [1.29, 1.82) is 0 Å². The Morgan fingerprint density at radius 1 is 1.22 bits per heavy atom. The molecule has 1 saturated heterocycles. The molecule has 3 rings (SSSR count). The monoisotopic (exact) mass is 520 g/mol.